The van der Waals surface area contributed by atoms with Crippen LogP contribution in [0.25, 0.3) is 0 Å². The number of carbonyl (C=O) groups is 1. The van der Waals surface area contributed by atoms with E-state index in [2.05, 4.69) is 23.4 Å². The van der Waals surface area contributed by atoms with E-state index in [-0.39, 0.29) is 5.91 Å². The molecule has 0 saturated heterocycles. The van der Waals surface area contributed by atoms with Crippen molar-refractivity contribution in [2.45, 2.75) is 32.9 Å². The molecule has 2 aromatic rings. The van der Waals surface area contributed by atoms with Crippen molar-refractivity contribution in [2.75, 3.05) is 6.54 Å². The zero-order valence-corrected chi connectivity index (χ0v) is 14.0. The topological polar surface area (TPSA) is 38.1 Å². The van der Waals surface area contributed by atoms with Gasteiger partial charge in [0.2, 0.25) is 0 Å². The van der Waals surface area contributed by atoms with Gasteiger partial charge < -0.3 is 9.47 Å². The molecule has 22 heavy (non-hydrogen) atoms. The summed E-state index contributed by atoms with van der Waals surface area (Å²) >= 11 is 12.0. The monoisotopic (exact) mass is 337 g/mol. The van der Waals surface area contributed by atoms with Crippen LogP contribution in [0.2, 0.25) is 10.0 Å². The van der Waals surface area contributed by atoms with Crippen LogP contribution in [0.1, 0.15) is 41.6 Å². The SMILES string of the molecule is CC(C)n1cnc2c1CN(C(=O)c1ccc(Cl)cc1Cl)CC2. The van der Waals surface area contributed by atoms with E-state index in [4.69, 9.17) is 23.2 Å². The van der Waals surface area contributed by atoms with Crippen molar-refractivity contribution in [1.29, 1.82) is 0 Å². The van der Waals surface area contributed by atoms with Crippen LogP contribution in [-0.4, -0.2) is 26.9 Å². The first kappa shape index (κ1) is 15.4. The molecule has 0 fully saturated rings. The summed E-state index contributed by atoms with van der Waals surface area (Å²) in [6.45, 7) is 5.43. The summed E-state index contributed by atoms with van der Waals surface area (Å²) in [5.74, 6) is -0.0659. The second-order valence-corrected chi connectivity index (χ2v) is 6.58. The molecule has 0 aliphatic carbocycles. The van der Waals surface area contributed by atoms with Crippen molar-refractivity contribution in [2.24, 2.45) is 0 Å². The smallest absolute Gasteiger partial charge is 0.255 e. The highest BCUT2D eigenvalue weighted by atomic mass is 35.5. The van der Waals surface area contributed by atoms with E-state index in [1.54, 1.807) is 18.2 Å². The molecule has 0 bridgehead atoms. The Kier molecular flexibility index (Phi) is 4.15. The van der Waals surface area contributed by atoms with E-state index < -0.39 is 0 Å². The Morgan fingerprint density at radius 1 is 1.32 bits per heavy atom. The number of amides is 1. The minimum Gasteiger partial charge on any atom is -0.332 e. The molecule has 116 valence electrons. The molecule has 6 heteroatoms. The first-order valence-corrected chi connectivity index (χ1v) is 8.02. The lowest BCUT2D eigenvalue weighted by atomic mass is 10.1. The number of imidazole rings is 1. The number of hydrogen-bond donors (Lipinski definition) is 0. The maximum absolute atomic E-state index is 12.7. The summed E-state index contributed by atoms with van der Waals surface area (Å²) < 4.78 is 2.12. The molecule has 2 heterocycles. The fourth-order valence-electron chi connectivity index (χ4n) is 2.76. The molecule has 0 N–H and O–H groups in total. The van der Waals surface area contributed by atoms with Gasteiger partial charge in [0, 0.05) is 24.0 Å². The number of aromatic nitrogens is 2. The summed E-state index contributed by atoms with van der Waals surface area (Å²) in [5.41, 5.74) is 2.68. The minimum absolute atomic E-state index is 0.0659. The Bertz CT molecular complexity index is 724. The van der Waals surface area contributed by atoms with Gasteiger partial charge in [-0.1, -0.05) is 23.2 Å². The van der Waals surface area contributed by atoms with E-state index in [0.29, 0.717) is 34.7 Å². The zero-order chi connectivity index (χ0) is 15.9. The third-order valence-electron chi connectivity index (χ3n) is 3.95. The molecule has 1 aromatic heterocycles. The van der Waals surface area contributed by atoms with Crippen LogP contribution in [0.15, 0.2) is 24.5 Å². The van der Waals surface area contributed by atoms with Crippen molar-refractivity contribution in [3.8, 4) is 0 Å². The van der Waals surface area contributed by atoms with Gasteiger partial charge in [0.1, 0.15) is 0 Å². The summed E-state index contributed by atoms with van der Waals surface area (Å²) in [6.07, 6.45) is 2.63. The maximum Gasteiger partial charge on any atom is 0.255 e. The standard InChI is InChI=1S/C16H17Cl2N3O/c1-10(2)21-9-19-14-5-6-20(8-15(14)21)16(22)12-4-3-11(17)7-13(12)18/h3-4,7,9-10H,5-6,8H2,1-2H3. The third kappa shape index (κ3) is 2.73. The second kappa shape index (κ2) is 5.94. The Labute approximate surface area is 139 Å². The molecule has 4 nitrogen and oxygen atoms in total. The molecular weight excluding hydrogens is 321 g/mol. The van der Waals surface area contributed by atoms with Crippen molar-refractivity contribution in [3.05, 3.63) is 51.5 Å². The predicted octanol–water partition coefficient (Wildman–Crippen LogP) is 3.97. The van der Waals surface area contributed by atoms with Gasteiger partial charge in [0.25, 0.3) is 5.91 Å². The molecule has 0 spiro atoms. The average Bonchev–Trinajstić information content (AvgIpc) is 2.89. The van der Waals surface area contributed by atoms with Gasteiger partial charge in [-0.2, -0.15) is 0 Å². The van der Waals surface area contributed by atoms with Crippen LogP contribution in [-0.2, 0) is 13.0 Å². The van der Waals surface area contributed by atoms with Gasteiger partial charge in [-0.25, -0.2) is 4.98 Å². The van der Waals surface area contributed by atoms with Gasteiger partial charge in [-0.05, 0) is 32.0 Å². The maximum atomic E-state index is 12.7. The van der Waals surface area contributed by atoms with Crippen molar-refractivity contribution in [3.63, 3.8) is 0 Å². The molecule has 0 radical (unpaired) electrons. The second-order valence-electron chi connectivity index (χ2n) is 5.74. The summed E-state index contributed by atoms with van der Waals surface area (Å²) in [4.78, 5) is 19.0. The Morgan fingerprint density at radius 2 is 2.09 bits per heavy atom. The van der Waals surface area contributed by atoms with Crippen molar-refractivity contribution in [1.82, 2.24) is 14.5 Å². The number of halogens is 2. The number of benzene rings is 1. The largest absolute Gasteiger partial charge is 0.332 e. The molecule has 1 aliphatic rings. The van der Waals surface area contributed by atoms with Crippen LogP contribution >= 0.6 is 23.2 Å². The number of hydrogen-bond acceptors (Lipinski definition) is 2. The third-order valence-corrected chi connectivity index (χ3v) is 4.49. The molecule has 0 saturated carbocycles. The molecule has 0 atom stereocenters. The highest BCUT2D eigenvalue weighted by Gasteiger charge is 2.26. The van der Waals surface area contributed by atoms with Gasteiger partial charge in [0.15, 0.2) is 0 Å². The van der Waals surface area contributed by atoms with Gasteiger partial charge >= 0.3 is 0 Å². The first-order valence-electron chi connectivity index (χ1n) is 7.26. The molecule has 1 aromatic carbocycles. The summed E-state index contributed by atoms with van der Waals surface area (Å²) in [5, 5.41) is 0.918. The predicted molar refractivity (Wildman–Crippen MR) is 87.5 cm³/mol. The number of rotatable bonds is 2. The lowest BCUT2D eigenvalue weighted by Crippen LogP contribution is -2.37. The van der Waals surface area contributed by atoms with Crippen molar-refractivity contribution < 1.29 is 4.79 Å². The number of nitrogens with zero attached hydrogens (tertiary/aromatic N) is 3. The van der Waals surface area contributed by atoms with E-state index in [9.17, 15) is 4.79 Å². The van der Waals surface area contributed by atoms with Crippen LogP contribution in [0.5, 0.6) is 0 Å². The normalized spacial score (nSPS) is 14.3. The van der Waals surface area contributed by atoms with E-state index in [1.807, 2.05) is 11.2 Å². The van der Waals surface area contributed by atoms with Gasteiger partial charge in [-0.3, -0.25) is 4.79 Å². The Balaban J connectivity index is 1.87. The summed E-state index contributed by atoms with van der Waals surface area (Å²) in [7, 11) is 0. The molecule has 3 rings (SSSR count). The van der Waals surface area contributed by atoms with Crippen molar-refractivity contribution >= 4 is 29.1 Å². The quantitative estimate of drug-likeness (QED) is 0.831. The van der Waals surface area contributed by atoms with Crippen LogP contribution in [0.4, 0.5) is 0 Å². The first-order chi connectivity index (χ1) is 10.5. The summed E-state index contributed by atoms with van der Waals surface area (Å²) in [6, 6.07) is 5.30. The fourth-order valence-corrected chi connectivity index (χ4v) is 3.25. The fraction of sp³-hybridized carbons (Fsp3) is 0.375. The molecule has 1 amide bonds. The van der Waals surface area contributed by atoms with E-state index in [1.165, 1.54) is 0 Å². The molecular formula is C16H17Cl2N3O. The lowest BCUT2D eigenvalue weighted by Gasteiger charge is -2.28. The van der Waals surface area contributed by atoms with Crippen LogP contribution in [0.3, 0.4) is 0 Å². The highest BCUT2D eigenvalue weighted by molar-refractivity contribution is 6.36. The van der Waals surface area contributed by atoms with Crippen LogP contribution in [0, 0.1) is 0 Å². The zero-order valence-electron chi connectivity index (χ0n) is 12.5. The Hall–Kier alpha value is -1.52. The molecule has 0 unspecified atom stereocenters. The number of fused-ring (bicyclic) bond motifs is 1. The lowest BCUT2D eigenvalue weighted by molar-refractivity contribution is 0.0729. The molecule has 1 aliphatic heterocycles. The highest BCUT2D eigenvalue weighted by Crippen LogP contribution is 2.26. The van der Waals surface area contributed by atoms with E-state index >= 15 is 0 Å². The van der Waals surface area contributed by atoms with Gasteiger partial charge in [-0.15, -0.1) is 0 Å². The number of carbonyl (C=O) groups excluding carboxylic acids is 1. The van der Waals surface area contributed by atoms with Crippen LogP contribution < -0.4 is 0 Å². The van der Waals surface area contributed by atoms with E-state index in [0.717, 1.165) is 17.8 Å². The Morgan fingerprint density at radius 3 is 2.77 bits per heavy atom. The average molecular weight is 338 g/mol. The van der Waals surface area contributed by atoms with Gasteiger partial charge in [0.05, 0.1) is 34.8 Å². The minimum atomic E-state index is -0.0659.